The zero-order chi connectivity index (χ0) is 20.1. The van der Waals surface area contributed by atoms with E-state index in [2.05, 4.69) is 4.90 Å². The van der Waals surface area contributed by atoms with Crippen LogP contribution >= 0.6 is 11.6 Å². The highest BCUT2D eigenvalue weighted by Gasteiger charge is 2.30. The van der Waals surface area contributed by atoms with Crippen molar-refractivity contribution in [3.05, 3.63) is 58.6 Å². The van der Waals surface area contributed by atoms with Crippen molar-refractivity contribution in [3.8, 4) is 11.5 Å². The SMILES string of the molecule is COc1ccc(OC)c(C2CCCN2CC(=O)N(C)Cc2cccc(Cl)c2)c1. The summed E-state index contributed by atoms with van der Waals surface area (Å²) < 4.78 is 10.9. The standard InChI is InChI=1S/C22H27ClN2O3/c1-24(14-16-6-4-7-17(23)12-16)22(26)15-25-11-5-8-20(25)19-13-18(27-2)9-10-21(19)28-3/h4,6-7,9-10,12-13,20H,5,8,11,14-15H2,1-3H3. The van der Waals surface area contributed by atoms with Crippen molar-refractivity contribution in [3.63, 3.8) is 0 Å². The molecule has 150 valence electrons. The smallest absolute Gasteiger partial charge is 0.236 e. The van der Waals surface area contributed by atoms with Gasteiger partial charge in [0.15, 0.2) is 0 Å². The van der Waals surface area contributed by atoms with Crippen LogP contribution < -0.4 is 9.47 Å². The Kier molecular flexibility index (Phi) is 6.81. The number of likely N-dealkylation sites (tertiary alicyclic amines) is 1. The third-order valence-corrected chi connectivity index (χ3v) is 5.47. The van der Waals surface area contributed by atoms with Gasteiger partial charge in [-0.15, -0.1) is 0 Å². The van der Waals surface area contributed by atoms with Crippen LogP contribution in [0.5, 0.6) is 11.5 Å². The van der Waals surface area contributed by atoms with Gasteiger partial charge in [0.25, 0.3) is 0 Å². The van der Waals surface area contributed by atoms with Crippen molar-refractivity contribution in [2.75, 3.05) is 34.4 Å². The van der Waals surface area contributed by atoms with E-state index in [0.29, 0.717) is 18.1 Å². The molecule has 2 aromatic rings. The third kappa shape index (κ3) is 4.78. The van der Waals surface area contributed by atoms with E-state index >= 15 is 0 Å². The number of methoxy groups -OCH3 is 2. The maximum absolute atomic E-state index is 12.8. The van der Waals surface area contributed by atoms with Crippen LogP contribution in [-0.2, 0) is 11.3 Å². The topological polar surface area (TPSA) is 42.0 Å². The molecule has 1 heterocycles. The summed E-state index contributed by atoms with van der Waals surface area (Å²) in [5.74, 6) is 1.72. The molecule has 1 unspecified atom stereocenters. The van der Waals surface area contributed by atoms with Gasteiger partial charge in [-0.2, -0.15) is 0 Å². The Morgan fingerprint density at radius 3 is 2.75 bits per heavy atom. The maximum Gasteiger partial charge on any atom is 0.236 e. The molecular formula is C22H27ClN2O3. The average molecular weight is 403 g/mol. The first kappa shape index (κ1) is 20.5. The van der Waals surface area contributed by atoms with Crippen LogP contribution in [0.25, 0.3) is 0 Å². The fourth-order valence-corrected chi connectivity index (χ4v) is 3.97. The molecule has 1 aliphatic rings. The minimum atomic E-state index is 0.0914. The molecule has 5 nitrogen and oxygen atoms in total. The monoisotopic (exact) mass is 402 g/mol. The van der Waals surface area contributed by atoms with Gasteiger partial charge in [0, 0.05) is 30.2 Å². The summed E-state index contributed by atoms with van der Waals surface area (Å²) in [6.07, 6.45) is 2.05. The number of carbonyl (C=O) groups is 1. The summed E-state index contributed by atoms with van der Waals surface area (Å²) in [6, 6.07) is 13.6. The summed E-state index contributed by atoms with van der Waals surface area (Å²) in [4.78, 5) is 16.8. The summed E-state index contributed by atoms with van der Waals surface area (Å²) >= 11 is 6.05. The predicted octanol–water partition coefficient (Wildman–Crippen LogP) is 4.15. The van der Waals surface area contributed by atoms with Crippen LogP contribution in [0.15, 0.2) is 42.5 Å². The molecule has 28 heavy (non-hydrogen) atoms. The first-order chi connectivity index (χ1) is 13.5. The molecule has 1 saturated heterocycles. The van der Waals surface area contributed by atoms with Crippen LogP contribution in [0, 0.1) is 0 Å². The quantitative estimate of drug-likeness (QED) is 0.697. The zero-order valence-electron chi connectivity index (χ0n) is 16.7. The van der Waals surface area contributed by atoms with Gasteiger partial charge >= 0.3 is 0 Å². The summed E-state index contributed by atoms with van der Waals surface area (Å²) in [6.45, 7) is 1.81. The van der Waals surface area contributed by atoms with Crippen LogP contribution in [0.1, 0.15) is 30.0 Å². The highest BCUT2D eigenvalue weighted by Crippen LogP contribution is 2.38. The molecule has 0 N–H and O–H groups in total. The number of rotatable bonds is 7. The highest BCUT2D eigenvalue weighted by molar-refractivity contribution is 6.30. The van der Waals surface area contributed by atoms with Crippen molar-refractivity contribution >= 4 is 17.5 Å². The first-order valence-corrected chi connectivity index (χ1v) is 9.84. The second-order valence-electron chi connectivity index (χ2n) is 7.12. The van der Waals surface area contributed by atoms with Gasteiger partial charge in [-0.25, -0.2) is 0 Å². The Balaban J connectivity index is 1.70. The minimum Gasteiger partial charge on any atom is -0.497 e. The molecule has 0 bridgehead atoms. The second kappa shape index (κ2) is 9.30. The molecule has 1 fully saturated rings. The van der Waals surface area contributed by atoms with Gasteiger partial charge in [0.1, 0.15) is 11.5 Å². The van der Waals surface area contributed by atoms with Gasteiger partial charge < -0.3 is 14.4 Å². The van der Waals surface area contributed by atoms with E-state index in [4.69, 9.17) is 21.1 Å². The lowest BCUT2D eigenvalue weighted by Gasteiger charge is -2.28. The number of carbonyl (C=O) groups excluding carboxylic acids is 1. The number of amides is 1. The van der Waals surface area contributed by atoms with Crippen LogP contribution in [0.3, 0.4) is 0 Å². The lowest BCUT2D eigenvalue weighted by atomic mass is 10.0. The normalized spacial score (nSPS) is 16.8. The van der Waals surface area contributed by atoms with E-state index in [9.17, 15) is 4.79 Å². The molecule has 1 aliphatic heterocycles. The molecule has 0 aliphatic carbocycles. The molecule has 0 radical (unpaired) electrons. The van der Waals surface area contributed by atoms with E-state index in [-0.39, 0.29) is 11.9 Å². The number of ether oxygens (including phenoxy) is 2. The second-order valence-corrected chi connectivity index (χ2v) is 7.55. The fraction of sp³-hybridized carbons (Fsp3) is 0.409. The van der Waals surface area contributed by atoms with Crippen LogP contribution in [0.2, 0.25) is 5.02 Å². The number of likely N-dealkylation sites (N-methyl/N-ethyl adjacent to an activating group) is 1. The first-order valence-electron chi connectivity index (χ1n) is 9.46. The fourth-order valence-electron chi connectivity index (χ4n) is 3.76. The van der Waals surface area contributed by atoms with Crippen molar-refractivity contribution in [1.29, 1.82) is 0 Å². The summed E-state index contributed by atoms with van der Waals surface area (Å²) in [5.41, 5.74) is 2.10. The molecular weight excluding hydrogens is 376 g/mol. The molecule has 1 atom stereocenters. The molecule has 0 spiro atoms. The molecule has 0 saturated carbocycles. The minimum absolute atomic E-state index is 0.0914. The molecule has 6 heteroatoms. The number of benzene rings is 2. The Labute approximate surface area is 171 Å². The van der Waals surface area contributed by atoms with Gasteiger partial charge in [-0.3, -0.25) is 9.69 Å². The Morgan fingerprint density at radius 2 is 2.04 bits per heavy atom. The van der Waals surface area contributed by atoms with E-state index in [1.54, 1.807) is 19.1 Å². The van der Waals surface area contributed by atoms with Crippen LogP contribution in [-0.4, -0.2) is 50.1 Å². The van der Waals surface area contributed by atoms with Crippen molar-refractivity contribution in [2.45, 2.75) is 25.4 Å². The maximum atomic E-state index is 12.8. The lowest BCUT2D eigenvalue weighted by molar-refractivity contribution is -0.131. The number of halogens is 1. The predicted molar refractivity (Wildman–Crippen MR) is 111 cm³/mol. The van der Waals surface area contributed by atoms with Gasteiger partial charge in [0.2, 0.25) is 5.91 Å². The number of hydrogen-bond acceptors (Lipinski definition) is 4. The van der Waals surface area contributed by atoms with E-state index in [1.807, 2.05) is 49.5 Å². The van der Waals surface area contributed by atoms with E-state index < -0.39 is 0 Å². The van der Waals surface area contributed by atoms with E-state index in [1.165, 1.54) is 0 Å². The Bertz CT molecular complexity index is 827. The van der Waals surface area contributed by atoms with Gasteiger partial charge in [0.05, 0.1) is 20.8 Å². The highest BCUT2D eigenvalue weighted by atomic mass is 35.5. The Morgan fingerprint density at radius 1 is 1.21 bits per heavy atom. The Hall–Kier alpha value is -2.24. The third-order valence-electron chi connectivity index (χ3n) is 5.23. The lowest BCUT2D eigenvalue weighted by Crippen LogP contribution is -2.37. The van der Waals surface area contributed by atoms with E-state index in [0.717, 1.165) is 42.0 Å². The van der Waals surface area contributed by atoms with Crippen molar-refractivity contribution < 1.29 is 14.3 Å². The zero-order valence-corrected chi connectivity index (χ0v) is 17.4. The molecule has 3 rings (SSSR count). The van der Waals surface area contributed by atoms with Gasteiger partial charge in [-0.05, 0) is 55.3 Å². The molecule has 2 aromatic carbocycles. The number of nitrogens with zero attached hydrogens (tertiary/aromatic N) is 2. The van der Waals surface area contributed by atoms with Crippen molar-refractivity contribution in [1.82, 2.24) is 9.80 Å². The largest absolute Gasteiger partial charge is 0.497 e. The molecule has 1 amide bonds. The van der Waals surface area contributed by atoms with Crippen molar-refractivity contribution in [2.24, 2.45) is 0 Å². The van der Waals surface area contributed by atoms with Gasteiger partial charge in [-0.1, -0.05) is 23.7 Å². The summed E-state index contributed by atoms with van der Waals surface area (Å²) in [5, 5.41) is 0.683. The van der Waals surface area contributed by atoms with Crippen LogP contribution in [0.4, 0.5) is 0 Å². The average Bonchev–Trinajstić information content (AvgIpc) is 3.15. The molecule has 0 aromatic heterocycles. The summed E-state index contributed by atoms with van der Waals surface area (Å²) in [7, 11) is 5.17. The number of hydrogen-bond donors (Lipinski definition) is 0.